The van der Waals surface area contributed by atoms with Crippen LogP contribution in [0.4, 0.5) is 0 Å². The summed E-state index contributed by atoms with van der Waals surface area (Å²) in [6, 6.07) is 18.5. The van der Waals surface area contributed by atoms with E-state index < -0.39 is 6.10 Å². The third-order valence-corrected chi connectivity index (χ3v) is 5.22. The molecule has 1 heterocycles. The van der Waals surface area contributed by atoms with E-state index in [-0.39, 0.29) is 0 Å². The normalized spacial score (nSPS) is 16.8. The molecule has 1 atom stereocenters. The second kappa shape index (κ2) is 11.2. The minimum atomic E-state index is -0.465. The molecule has 0 bridgehead atoms. The molecule has 2 N–H and O–H groups in total. The summed E-state index contributed by atoms with van der Waals surface area (Å²) in [6.45, 7) is 10.2. The summed E-state index contributed by atoms with van der Waals surface area (Å²) in [5, 5.41) is 13.8. The fourth-order valence-electron chi connectivity index (χ4n) is 3.52. The number of hydrogen-bond acceptors (Lipinski definition) is 5. The molecule has 1 fully saturated rings. The van der Waals surface area contributed by atoms with Crippen molar-refractivity contribution < 1.29 is 9.84 Å². The van der Waals surface area contributed by atoms with Crippen LogP contribution in [0.15, 0.2) is 54.6 Å². The van der Waals surface area contributed by atoms with Gasteiger partial charge in [-0.3, -0.25) is 4.90 Å². The molecule has 0 aromatic heterocycles. The molecular weight excluding hydrogens is 350 g/mol. The van der Waals surface area contributed by atoms with Crippen LogP contribution >= 0.6 is 0 Å². The van der Waals surface area contributed by atoms with E-state index in [1.807, 2.05) is 24.3 Å². The van der Waals surface area contributed by atoms with Crippen LogP contribution in [0.3, 0.4) is 0 Å². The molecule has 0 spiro atoms. The van der Waals surface area contributed by atoms with Crippen LogP contribution < -0.4 is 10.1 Å². The third kappa shape index (κ3) is 6.91. The van der Waals surface area contributed by atoms with E-state index in [4.69, 9.17) is 4.74 Å². The largest absolute Gasteiger partial charge is 0.491 e. The number of β-amino-alcohol motifs (C(OH)–C–C–N with tert-alkyl or cyclic N) is 1. The predicted molar refractivity (Wildman–Crippen MR) is 113 cm³/mol. The lowest BCUT2D eigenvalue weighted by Gasteiger charge is -2.34. The Hall–Kier alpha value is -1.92. The average molecular weight is 384 g/mol. The number of nitrogens with one attached hydrogen (secondary N) is 1. The molecule has 0 unspecified atom stereocenters. The summed E-state index contributed by atoms with van der Waals surface area (Å²) >= 11 is 0. The highest BCUT2D eigenvalue weighted by Crippen LogP contribution is 2.14. The summed E-state index contributed by atoms with van der Waals surface area (Å²) < 4.78 is 5.84. The molecule has 1 aliphatic rings. The fraction of sp³-hybridized carbons (Fsp3) is 0.478. The van der Waals surface area contributed by atoms with Gasteiger partial charge in [0.25, 0.3) is 0 Å². The maximum absolute atomic E-state index is 10.3. The van der Waals surface area contributed by atoms with Crippen LogP contribution in [0.5, 0.6) is 5.75 Å². The zero-order chi connectivity index (χ0) is 19.6. The zero-order valence-electron chi connectivity index (χ0n) is 16.9. The van der Waals surface area contributed by atoms with Gasteiger partial charge >= 0.3 is 0 Å². The lowest BCUT2D eigenvalue weighted by molar-refractivity contribution is 0.0471. The lowest BCUT2D eigenvalue weighted by atomic mass is 10.2. The van der Waals surface area contributed by atoms with Gasteiger partial charge < -0.3 is 20.1 Å². The molecule has 0 aliphatic carbocycles. The number of piperazine rings is 1. The van der Waals surface area contributed by atoms with Crippen molar-refractivity contribution in [3.63, 3.8) is 0 Å². The minimum absolute atomic E-state index is 0.328. The Kier molecular flexibility index (Phi) is 8.30. The fourth-order valence-corrected chi connectivity index (χ4v) is 3.52. The first-order valence-electron chi connectivity index (χ1n) is 10.3. The van der Waals surface area contributed by atoms with Gasteiger partial charge in [0, 0.05) is 45.8 Å². The van der Waals surface area contributed by atoms with Gasteiger partial charge in [0.2, 0.25) is 0 Å². The Labute approximate surface area is 168 Å². The van der Waals surface area contributed by atoms with Gasteiger partial charge in [-0.05, 0) is 29.8 Å². The van der Waals surface area contributed by atoms with Gasteiger partial charge in [0.05, 0.1) is 0 Å². The molecule has 0 radical (unpaired) electrons. The van der Waals surface area contributed by atoms with Crippen LogP contribution in [-0.2, 0) is 13.1 Å². The van der Waals surface area contributed by atoms with E-state index in [0.29, 0.717) is 13.2 Å². The first kappa shape index (κ1) is 20.8. The summed E-state index contributed by atoms with van der Waals surface area (Å²) in [7, 11) is 0. The lowest BCUT2D eigenvalue weighted by Crippen LogP contribution is -2.49. The highest BCUT2D eigenvalue weighted by Gasteiger charge is 2.18. The van der Waals surface area contributed by atoms with E-state index in [0.717, 1.165) is 51.6 Å². The summed E-state index contributed by atoms with van der Waals surface area (Å²) in [5.74, 6) is 0.814. The number of ether oxygens (including phenoxy) is 1. The Morgan fingerprint density at radius 2 is 1.61 bits per heavy atom. The summed E-state index contributed by atoms with van der Waals surface area (Å²) in [5.41, 5.74) is 2.46. The highest BCUT2D eigenvalue weighted by atomic mass is 16.5. The molecular formula is C23H33N3O2. The zero-order valence-corrected chi connectivity index (χ0v) is 16.9. The van der Waals surface area contributed by atoms with E-state index in [2.05, 4.69) is 52.4 Å². The van der Waals surface area contributed by atoms with Crippen LogP contribution in [0, 0.1) is 0 Å². The van der Waals surface area contributed by atoms with Crippen LogP contribution in [0.2, 0.25) is 0 Å². The molecule has 2 aromatic rings. The van der Waals surface area contributed by atoms with Crippen molar-refractivity contribution in [1.29, 1.82) is 0 Å². The molecule has 5 heteroatoms. The molecule has 1 saturated heterocycles. The topological polar surface area (TPSA) is 48.0 Å². The summed E-state index contributed by atoms with van der Waals surface area (Å²) in [6.07, 6.45) is -0.465. The third-order valence-electron chi connectivity index (χ3n) is 5.22. The second-order valence-corrected chi connectivity index (χ2v) is 7.44. The molecule has 1 aliphatic heterocycles. The van der Waals surface area contributed by atoms with Crippen LogP contribution in [0.25, 0.3) is 0 Å². The first-order chi connectivity index (χ1) is 13.7. The standard InChI is InChI=1S/C23H33N3O2/c1-2-25-11-13-26(14-12-25)18-22(27)19-28-23-10-6-9-21(15-23)17-24-16-20-7-4-3-5-8-20/h3-10,15,22,24,27H,2,11-14,16-19H2,1H3/t22-/m1/s1. The minimum Gasteiger partial charge on any atom is -0.491 e. The highest BCUT2D eigenvalue weighted by molar-refractivity contribution is 5.28. The van der Waals surface area contributed by atoms with E-state index in [1.54, 1.807) is 0 Å². The molecule has 0 saturated carbocycles. The van der Waals surface area contributed by atoms with Crippen molar-refractivity contribution in [3.05, 3.63) is 65.7 Å². The van der Waals surface area contributed by atoms with Gasteiger partial charge in [-0.15, -0.1) is 0 Å². The number of aliphatic hydroxyl groups is 1. The van der Waals surface area contributed by atoms with Gasteiger partial charge in [-0.2, -0.15) is 0 Å². The van der Waals surface area contributed by atoms with E-state index in [9.17, 15) is 5.11 Å². The van der Waals surface area contributed by atoms with Crippen LogP contribution in [0.1, 0.15) is 18.1 Å². The van der Waals surface area contributed by atoms with Gasteiger partial charge in [0.1, 0.15) is 18.5 Å². The van der Waals surface area contributed by atoms with Gasteiger partial charge in [0.15, 0.2) is 0 Å². The second-order valence-electron chi connectivity index (χ2n) is 7.44. The van der Waals surface area contributed by atoms with Crippen molar-refractivity contribution in [1.82, 2.24) is 15.1 Å². The van der Waals surface area contributed by atoms with Crippen molar-refractivity contribution >= 4 is 0 Å². The van der Waals surface area contributed by atoms with Crippen molar-refractivity contribution in [2.24, 2.45) is 0 Å². The maximum Gasteiger partial charge on any atom is 0.119 e. The number of likely N-dealkylation sites (N-methyl/N-ethyl adjacent to an activating group) is 1. The molecule has 2 aromatic carbocycles. The Balaban J connectivity index is 1.38. The van der Waals surface area contributed by atoms with Crippen molar-refractivity contribution in [3.8, 4) is 5.75 Å². The number of benzene rings is 2. The van der Waals surface area contributed by atoms with Gasteiger partial charge in [-0.25, -0.2) is 0 Å². The SMILES string of the molecule is CCN1CCN(C[C@@H](O)COc2cccc(CNCc3ccccc3)c2)CC1. The maximum atomic E-state index is 10.3. The number of aliphatic hydroxyl groups excluding tert-OH is 1. The Morgan fingerprint density at radius 1 is 0.929 bits per heavy atom. The predicted octanol–water partition coefficient (Wildman–Crippen LogP) is 2.35. The number of nitrogens with zero attached hydrogens (tertiary/aromatic N) is 2. The Morgan fingerprint density at radius 3 is 2.36 bits per heavy atom. The van der Waals surface area contributed by atoms with E-state index in [1.165, 1.54) is 11.1 Å². The summed E-state index contributed by atoms with van der Waals surface area (Å²) in [4.78, 5) is 4.76. The van der Waals surface area contributed by atoms with E-state index >= 15 is 0 Å². The van der Waals surface area contributed by atoms with Crippen molar-refractivity contribution in [2.75, 3.05) is 45.9 Å². The average Bonchev–Trinajstić information content (AvgIpc) is 2.74. The van der Waals surface area contributed by atoms with Gasteiger partial charge in [-0.1, -0.05) is 49.4 Å². The molecule has 5 nitrogen and oxygen atoms in total. The monoisotopic (exact) mass is 383 g/mol. The number of hydrogen-bond donors (Lipinski definition) is 2. The first-order valence-corrected chi connectivity index (χ1v) is 10.3. The molecule has 3 rings (SSSR count). The van der Waals surface area contributed by atoms with Crippen LogP contribution in [-0.4, -0.2) is 66.9 Å². The molecule has 28 heavy (non-hydrogen) atoms. The smallest absolute Gasteiger partial charge is 0.119 e. The van der Waals surface area contributed by atoms with Crippen molar-refractivity contribution in [2.45, 2.75) is 26.1 Å². The molecule has 0 amide bonds. The quantitative estimate of drug-likeness (QED) is 0.660. The Bertz CT molecular complexity index is 687. The number of rotatable bonds is 10. The molecule has 152 valence electrons.